The summed E-state index contributed by atoms with van der Waals surface area (Å²) >= 11 is 0. The lowest BCUT2D eigenvalue weighted by Gasteiger charge is -2.35. The second-order valence-electron chi connectivity index (χ2n) is 5.11. The Morgan fingerprint density at radius 2 is 2.00 bits per heavy atom. The minimum Gasteiger partial charge on any atom is -0.384 e. The lowest BCUT2D eigenvalue weighted by Crippen LogP contribution is -2.35. The number of hydrogen-bond acceptors (Lipinski definition) is 3. The molecule has 94 valence electrons. The van der Waals surface area contributed by atoms with Crippen LogP contribution in [0.5, 0.6) is 0 Å². The monoisotopic (exact) mass is 233 g/mol. The SMILES string of the molecule is CCC1CCC(N(C)c2cccc(N)n2)CC1. The maximum atomic E-state index is 5.73. The number of aromatic nitrogens is 1. The topological polar surface area (TPSA) is 42.1 Å². The van der Waals surface area contributed by atoms with Gasteiger partial charge < -0.3 is 10.6 Å². The Morgan fingerprint density at radius 3 is 2.59 bits per heavy atom. The van der Waals surface area contributed by atoms with Crippen LogP contribution in [-0.2, 0) is 0 Å². The summed E-state index contributed by atoms with van der Waals surface area (Å²) in [6.45, 7) is 2.30. The molecule has 0 aromatic carbocycles. The lowest BCUT2D eigenvalue weighted by molar-refractivity contribution is 0.313. The molecule has 1 aliphatic carbocycles. The maximum Gasteiger partial charge on any atom is 0.130 e. The van der Waals surface area contributed by atoms with Crippen LogP contribution in [0, 0.1) is 5.92 Å². The van der Waals surface area contributed by atoms with Gasteiger partial charge in [-0.25, -0.2) is 4.98 Å². The minimum atomic E-state index is 0.608. The molecular formula is C14H23N3. The summed E-state index contributed by atoms with van der Waals surface area (Å²) in [6, 6.07) is 6.49. The van der Waals surface area contributed by atoms with E-state index in [4.69, 9.17) is 5.73 Å². The van der Waals surface area contributed by atoms with Crippen LogP contribution in [0.1, 0.15) is 39.0 Å². The highest BCUT2D eigenvalue weighted by Crippen LogP contribution is 2.30. The van der Waals surface area contributed by atoms with E-state index in [0.717, 1.165) is 11.7 Å². The van der Waals surface area contributed by atoms with Crippen molar-refractivity contribution in [3.63, 3.8) is 0 Å². The van der Waals surface area contributed by atoms with Crippen molar-refractivity contribution in [1.29, 1.82) is 0 Å². The number of anilines is 2. The van der Waals surface area contributed by atoms with Crippen molar-refractivity contribution in [2.45, 2.75) is 45.1 Å². The normalized spacial score (nSPS) is 24.6. The van der Waals surface area contributed by atoms with Crippen LogP contribution in [-0.4, -0.2) is 18.1 Å². The summed E-state index contributed by atoms with van der Waals surface area (Å²) in [4.78, 5) is 6.69. The molecule has 1 fully saturated rings. The van der Waals surface area contributed by atoms with Crippen LogP contribution in [0.15, 0.2) is 18.2 Å². The van der Waals surface area contributed by atoms with Crippen molar-refractivity contribution in [3.8, 4) is 0 Å². The Morgan fingerprint density at radius 1 is 1.29 bits per heavy atom. The predicted octanol–water partition coefficient (Wildman–Crippen LogP) is 3.07. The number of nitrogen functional groups attached to an aromatic ring is 1. The first-order chi connectivity index (χ1) is 8.20. The zero-order valence-corrected chi connectivity index (χ0v) is 10.9. The zero-order valence-electron chi connectivity index (χ0n) is 10.9. The Labute approximate surface area is 104 Å². The van der Waals surface area contributed by atoms with Crippen molar-refractivity contribution in [2.24, 2.45) is 5.92 Å². The third-order valence-corrected chi connectivity index (χ3v) is 4.06. The van der Waals surface area contributed by atoms with Gasteiger partial charge >= 0.3 is 0 Å². The van der Waals surface area contributed by atoms with Crippen molar-refractivity contribution in [2.75, 3.05) is 17.7 Å². The summed E-state index contributed by atoms with van der Waals surface area (Å²) in [7, 11) is 2.14. The fourth-order valence-corrected chi connectivity index (χ4v) is 2.76. The molecule has 0 unspecified atom stereocenters. The number of nitrogens with two attached hydrogens (primary N) is 1. The van der Waals surface area contributed by atoms with Crippen LogP contribution in [0.2, 0.25) is 0 Å². The molecule has 0 saturated heterocycles. The van der Waals surface area contributed by atoms with E-state index in [2.05, 4.69) is 23.9 Å². The third-order valence-electron chi connectivity index (χ3n) is 4.06. The summed E-state index contributed by atoms with van der Waals surface area (Å²) in [5.74, 6) is 2.55. The Balaban J connectivity index is 1.99. The first-order valence-corrected chi connectivity index (χ1v) is 6.66. The molecule has 3 nitrogen and oxygen atoms in total. The second-order valence-corrected chi connectivity index (χ2v) is 5.11. The highest BCUT2D eigenvalue weighted by Gasteiger charge is 2.23. The van der Waals surface area contributed by atoms with E-state index in [1.165, 1.54) is 32.1 Å². The Kier molecular flexibility index (Phi) is 3.87. The van der Waals surface area contributed by atoms with Gasteiger partial charge in [0.15, 0.2) is 0 Å². The molecule has 0 amide bonds. The predicted molar refractivity (Wildman–Crippen MR) is 73.1 cm³/mol. The van der Waals surface area contributed by atoms with Gasteiger partial charge in [0.2, 0.25) is 0 Å². The average Bonchev–Trinajstić information content (AvgIpc) is 2.38. The molecule has 17 heavy (non-hydrogen) atoms. The molecule has 2 N–H and O–H groups in total. The molecule has 3 heteroatoms. The van der Waals surface area contributed by atoms with Gasteiger partial charge in [0.25, 0.3) is 0 Å². The van der Waals surface area contributed by atoms with Gasteiger partial charge in [0, 0.05) is 13.1 Å². The first-order valence-electron chi connectivity index (χ1n) is 6.66. The van der Waals surface area contributed by atoms with Crippen molar-refractivity contribution in [3.05, 3.63) is 18.2 Å². The summed E-state index contributed by atoms with van der Waals surface area (Å²) < 4.78 is 0. The number of hydrogen-bond donors (Lipinski definition) is 1. The van der Waals surface area contributed by atoms with Crippen molar-refractivity contribution in [1.82, 2.24) is 4.98 Å². The standard InChI is InChI=1S/C14H23N3/c1-3-11-7-9-12(10-8-11)17(2)14-6-4-5-13(15)16-14/h4-6,11-12H,3,7-10H2,1-2H3,(H2,15,16). The molecule has 0 bridgehead atoms. The molecule has 1 saturated carbocycles. The zero-order chi connectivity index (χ0) is 12.3. The first kappa shape index (κ1) is 12.2. The summed E-state index contributed by atoms with van der Waals surface area (Å²) in [6.07, 6.45) is 6.60. The number of nitrogens with zero attached hydrogens (tertiary/aromatic N) is 2. The molecular weight excluding hydrogens is 210 g/mol. The summed E-state index contributed by atoms with van der Waals surface area (Å²) in [5, 5.41) is 0. The van der Waals surface area contributed by atoms with Crippen LogP contribution in [0.4, 0.5) is 11.6 Å². The molecule has 0 atom stereocenters. The largest absolute Gasteiger partial charge is 0.384 e. The van der Waals surface area contributed by atoms with E-state index in [0.29, 0.717) is 11.9 Å². The van der Waals surface area contributed by atoms with E-state index in [9.17, 15) is 0 Å². The second kappa shape index (κ2) is 5.39. The fourth-order valence-electron chi connectivity index (χ4n) is 2.76. The molecule has 1 aliphatic rings. The third kappa shape index (κ3) is 2.90. The molecule has 1 heterocycles. The van der Waals surface area contributed by atoms with Crippen molar-refractivity contribution < 1.29 is 0 Å². The van der Waals surface area contributed by atoms with E-state index < -0.39 is 0 Å². The molecule has 0 aliphatic heterocycles. The quantitative estimate of drug-likeness (QED) is 0.872. The molecule has 1 aromatic heterocycles. The van der Waals surface area contributed by atoms with Crippen LogP contribution in [0.25, 0.3) is 0 Å². The van der Waals surface area contributed by atoms with Gasteiger partial charge in [0.05, 0.1) is 0 Å². The van der Waals surface area contributed by atoms with Crippen LogP contribution < -0.4 is 10.6 Å². The average molecular weight is 233 g/mol. The minimum absolute atomic E-state index is 0.608. The van der Waals surface area contributed by atoms with E-state index in [1.54, 1.807) is 0 Å². The van der Waals surface area contributed by atoms with Gasteiger partial charge in [-0.15, -0.1) is 0 Å². The Hall–Kier alpha value is -1.25. The molecule has 2 rings (SSSR count). The van der Waals surface area contributed by atoms with Gasteiger partial charge in [-0.05, 0) is 43.7 Å². The fraction of sp³-hybridized carbons (Fsp3) is 0.643. The van der Waals surface area contributed by atoms with Gasteiger partial charge in [-0.3, -0.25) is 0 Å². The smallest absolute Gasteiger partial charge is 0.130 e. The Bertz CT molecular complexity index is 356. The van der Waals surface area contributed by atoms with Crippen LogP contribution >= 0.6 is 0 Å². The van der Waals surface area contributed by atoms with E-state index in [-0.39, 0.29) is 0 Å². The number of pyridine rings is 1. The van der Waals surface area contributed by atoms with Crippen molar-refractivity contribution >= 4 is 11.6 Å². The highest BCUT2D eigenvalue weighted by molar-refractivity contribution is 5.44. The maximum absolute atomic E-state index is 5.73. The van der Waals surface area contributed by atoms with Gasteiger partial charge in [-0.2, -0.15) is 0 Å². The van der Waals surface area contributed by atoms with Gasteiger partial charge in [0.1, 0.15) is 11.6 Å². The molecule has 0 radical (unpaired) electrons. The van der Waals surface area contributed by atoms with E-state index in [1.807, 2.05) is 18.2 Å². The lowest BCUT2D eigenvalue weighted by atomic mass is 9.84. The summed E-state index contributed by atoms with van der Waals surface area (Å²) in [5.41, 5.74) is 5.73. The molecule has 0 spiro atoms. The van der Waals surface area contributed by atoms with Gasteiger partial charge in [-0.1, -0.05) is 19.4 Å². The number of rotatable bonds is 3. The van der Waals surface area contributed by atoms with E-state index >= 15 is 0 Å². The molecule has 1 aromatic rings. The highest BCUT2D eigenvalue weighted by atomic mass is 15.2. The van der Waals surface area contributed by atoms with Crippen LogP contribution in [0.3, 0.4) is 0 Å².